The van der Waals surface area contributed by atoms with E-state index in [0.717, 1.165) is 53.4 Å². The van der Waals surface area contributed by atoms with Crippen molar-refractivity contribution in [3.8, 4) is 11.3 Å². The average molecular weight is 412 g/mol. The second-order valence-electron chi connectivity index (χ2n) is 7.07. The Morgan fingerprint density at radius 3 is 2.57 bits per heavy atom. The summed E-state index contributed by atoms with van der Waals surface area (Å²) in [5.41, 5.74) is 3.67. The van der Waals surface area contributed by atoms with Gasteiger partial charge < -0.3 is 10.6 Å². The van der Waals surface area contributed by atoms with Gasteiger partial charge in [-0.3, -0.25) is 4.79 Å². The Kier molecular flexibility index (Phi) is 5.93. The minimum Gasteiger partial charge on any atom is -0.331 e. The van der Waals surface area contributed by atoms with Gasteiger partial charge in [0.1, 0.15) is 0 Å². The number of benzene rings is 2. The van der Waals surface area contributed by atoms with Crippen LogP contribution >= 0.6 is 22.9 Å². The quantitative estimate of drug-likeness (QED) is 0.489. The van der Waals surface area contributed by atoms with Gasteiger partial charge in [-0.25, -0.2) is 4.98 Å². The molecule has 0 bridgehead atoms. The maximum Gasteiger partial charge on any atom is 0.227 e. The Morgan fingerprint density at radius 1 is 1.04 bits per heavy atom. The second kappa shape index (κ2) is 8.76. The average Bonchev–Trinajstić information content (AvgIpc) is 3.18. The van der Waals surface area contributed by atoms with Gasteiger partial charge in [0.15, 0.2) is 5.13 Å². The van der Waals surface area contributed by atoms with Crippen LogP contribution in [0.1, 0.15) is 32.1 Å². The summed E-state index contributed by atoms with van der Waals surface area (Å²) in [6.07, 6.45) is 5.58. The van der Waals surface area contributed by atoms with Crippen LogP contribution in [0.25, 0.3) is 11.3 Å². The SMILES string of the molecule is O=C(Nc1ccc(-c2csc(Nc3cccc(Cl)c3)n2)cc1)C1CCCCC1. The first-order valence-electron chi connectivity index (χ1n) is 9.57. The summed E-state index contributed by atoms with van der Waals surface area (Å²) >= 11 is 7.57. The molecule has 2 N–H and O–H groups in total. The summed E-state index contributed by atoms with van der Waals surface area (Å²) in [6.45, 7) is 0. The van der Waals surface area contributed by atoms with Crippen molar-refractivity contribution in [3.05, 3.63) is 58.9 Å². The lowest BCUT2D eigenvalue weighted by Gasteiger charge is -2.20. The highest BCUT2D eigenvalue weighted by atomic mass is 35.5. The molecule has 0 saturated heterocycles. The Morgan fingerprint density at radius 2 is 1.82 bits per heavy atom. The van der Waals surface area contributed by atoms with E-state index in [-0.39, 0.29) is 11.8 Å². The van der Waals surface area contributed by atoms with Gasteiger partial charge in [0, 0.05) is 33.3 Å². The minimum absolute atomic E-state index is 0.147. The molecule has 0 radical (unpaired) electrons. The van der Waals surface area contributed by atoms with Gasteiger partial charge in [-0.15, -0.1) is 11.3 Å². The number of rotatable bonds is 5. The van der Waals surface area contributed by atoms with Gasteiger partial charge >= 0.3 is 0 Å². The highest BCUT2D eigenvalue weighted by Crippen LogP contribution is 2.29. The van der Waals surface area contributed by atoms with Gasteiger partial charge in [0.2, 0.25) is 5.91 Å². The molecule has 1 saturated carbocycles. The van der Waals surface area contributed by atoms with E-state index in [4.69, 9.17) is 11.6 Å². The third kappa shape index (κ3) is 4.72. The van der Waals surface area contributed by atoms with Crippen molar-refractivity contribution in [1.29, 1.82) is 0 Å². The van der Waals surface area contributed by atoms with Crippen LogP contribution < -0.4 is 10.6 Å². The molecule has 4 nitrogen and oxygen atoms in total. The number of thiazole rings is 1. The van der Waals surface area contributed by atoms with Crippen molar-refractivity contribution in [2.24, 2.45) is 5.92 Å². The molecule has 144 valence electrons. The minimum atomic E-state index is 0.147. The van der Waals surface area contributed by atoms with Crippen LogP contribution in [0, 0.1) is 5.92 Å². The topological polar surface area (TPSA) is 54.0 Å². The van der Waals surface area contributed by atoms with Gasteiger partial charge in [-0.05, 0) is 43.2 Å². The van der Waals surface area contributed by atoms with Crippen LogP contribution in [-0.2, 0) is 4.79 Å². The lowest BCUT2D eigenvalue weighted by atomic mass is 9.88. The number of nitrogens with zero attached hydrogens (tertiary/aromatic N) is 1. The van der Waals surface area contributed by atoms with E-state index >= 15 is 0 Å². The maximum atomic E-state index is 12.4. The third-order valence-electron chi connectivity index (χ3n) is 5.00. The molecule has 3 aromatic rings. The summed E-state index contributed by atoms with van der Waals surface area (Å²) < 4.78 is 0. The zero-order valence-electron chi connectivity index (χ0n) is 15.5. The molecule has 1 heterocycles. The van der Waals surface area contributed by atoms with Crippen LogP contribution in [0.2, 0.25) is 5.02 Å². The zero-order chi connectivity index (χ0) is 19.3. The maximum absolute atomic E-state index is 12.4. The van der Waals surface area contributed by atoms with Crippen LogP contribution in [-0.4, -0.2) is 10.9 Å². The number of amides is 1. The van der Waals surface area contributed by atoms with Crippen molar-refractivity contribution in [2.45, 2.75) is 32.1 Å². The molecule has 1 aliphatic carbocycles. The number of carbonyl (C=O) groups is 1. The van der Waals surface area contributed by atoms with Crippen molar-refractivity contribution >= 4 is 45.4 Å². The van der Waals surface area contributed by atoms with Crippen LogP contribution in [0.3, 0.4) is 0 Å². The molecule has 0 spiro atoms. The molecule has 1 aromatic heterocycles. The van der Waals surface area contributed by atoms with E-state index in [9.17, 15) is 4.79 Å². The number of nitrogens with one attached hydrogen (secondary N) is 2. The Labute approximate surface area is 174 Å². The monoisotopic (exact) mass is 411 g/mol. The fraction of sp³-hybridized carbons (Fsp3) is 0.273. The summed E-state index contributed by atoms with van der Waals surface area (Å²) in [5.74, 6) is 0.307. The first-order valence-corrected chi connectivity index (χ1v) is 10.8. The second-order valence-corrected chi connectivity index (χ2v) is 8.37. The number of halogens is 1. The van der Waals surface area contributed by atoms with Gasteiger partial charge in [-0.1, -0.05) is 49.1 Å². The standard InChI is InChI=1S/C22H22ClN3OS/c23-17-7-4-8-19(13-17)25-22-26-20(14-28-22)15-9-11-18(12-10-15)24-21(27)16-5-2-1-3-6-16/h4,7-14,16H,1-3,5-6H2,(H,24,27)(H,25,26). The molecule has 2 aromatic carbocycles. The fourth-order valence-corrected chi connectivity index (χ4v) is 4.42. The molecule has 0 unspecified atom stereocenters. The largest absolute Gasteiger partial charge is 0.331 e. The molecular formula is C22H22ClN3OS. The van der Waals surface area contributed by atoms with Gasteiger partial charge in [0.05, 0.1) is 5.69 Å². The zero-order valence-corrected chi connectivity index (χ0v) is 17.0. The Hall–Kier alpha value is -2.37. The molecule has 1 amide bonds. The smallest absolute Gasteiger partial charge is 0.227 e. The van der Waals surface area contributed by atoms with Crippen molar-refractivity contribution in [3.63, 3.8) is 0 Å². The lowest BCUT2D eigenvalue weighted by Crippen LogP contribution is -2.24. The predicted octanol–water partition coefficient (Wildman–Crippen LogP) is 6.73. The van der Waals surface area contributed by atoms with Crippen LogP contribution in [0.15, 0.2) is 53.9 Å². The third-order valence-corrected chi connectivity index (χ3v) is 6.00. The van der Waals surface area contributed by atoms with Gasteiger partial charge in [-0.2, -0.15) is 0 Å². The van der Waals surface area contributed by atoms with E-state index in [1.165, 1.54) is 6.42 Å². The van der Waals surface area contributed by atoms with Gasteiger partial charge in [0.25, 0.3) is 0 Å². The van der Waals surface area contributed by atoms with E-state index in [0.29, 0.717) is 5.02 Å². The van der Waals surface area contributed by atoms with Crippen molar-refractivity contribution < 1.29 is 4.79 Å². The molecule has 28 heavy (non-hydrogen) atoms. The highest BCUT2D eigenvalue weighted by molar-refractivity contribution is 7.14. The van der Waals surface area contributed by atoms with E-state index in [1.54, 1.807) is 11.3 Å². The van der Waals surface area contributed by atoms with E-state index in [1.807, 2.05) is 53.9 Å². The Bertz CT molecular complexity index is 948. The highest BCUT2D eigenvalue weighted by Gasteiger charge is 2.21. The van der Waals surface area contributed by atoms with E-state index in [2.05, 4.69) is 15.6 Å². The summed E-state index contributed by atoms with van der Waals surface area (Å²) in [6, 6.07) is 15.4. The first kappa shape index (κ1) is 19.0. The molecule has 1 aliphatic rings. The molecule has 1 fully saturated rings. The summed E-state index contributed by atoms with van der Waals surface area (Å²) in [5, 5.41) is 9.84. The molecule has 0 aliphatic heterocycles. The first-order chi connectivity index (χ1) is 13.7. The van der Waals surface area contributed by atoms with Crippen LogP contribution in [0.4, 0.5) is 16.5 Å². The number of aromatic nitrogens is 1. The fourth-order valence-electron chi connectivity index (χ4n) is 3.49. The Balaban J connectivity index is 1.40. The van der Waals surface area contributed by atoms with Crippen molar-refractivity contribution in [2.75, 3.05) is 10.6 Å². The molecule has 0 atom stereocenters. The molecule has 6 heteroatoms. The number of hydrogen-bond acceptors (Lipinski definition) is 4. The number of hydrogen-bond donors (Lipinski definition) is 2. The summed E-state index contributed by atoms with van der Waals surface area (Å²) in [4.78, 5) is 17.0. The normalized spacial score (nSPS) is 14.6. The summed E-state index contributed by atoms with van der Waals surface area (Å²) in [7, 11) is 0. The van der Waals surface area contributed by atoms with E-state index < -0.39 is 0 Å². The molecular weight excluding hydrogens is 390 g/mol. The number of carbonyl (C=O) groups excluding carboxylic acids is 1. The van der Waals surface area contributed by atoms with Crippen LogP contribution in [0.5, 0.6) is 0 Å². The lowest BCUT2D eigenvalue weighted by molar-refractivity contribution is -0.120. The predicted molar refractivity (Wildman–Crippen MR) is 117 cm³/mol. The molecule has 4 rings (SSSR count). The number of anilines is 3. The van der Waals surface area contributed by atoms with Crippen molar-refractivity contribution in [1.82, 2.24) is 4.98 Å².